The molecule has 0 aromatic carbocycles. The number of hydrogen-bond acceptors (Lipinski definition) is 8. The third-order valence-electron chi connectivity index (χ3n) is 3.38. The molecule has 2 aliphatic heterocycles. The summed E-state index contributed by atoms with van der Waals surface area (Å²) in [5.41, 5.74) is 0. The van der Waals surface area contributed by atoms with Crippen molar-refractivity contribution in [3.05, 3.63) is 48.3 Å². The lowest BCUT2D eigenvalue weighted by atomic mass is 10.3. The SMILES string of the molecule is OC1COC(c2ccco2)OC1.OCC1COC(c2ccco2)O1. The highest BCUT2D eigenvalue weighted by Crippen LogP contribution is 2.26. The molecule has 4 rings (SSSR count). The standard InChI is InChI=1S/2C8H10O4/c9-6-4-11-8(12-5-6)7-2-1-3-10-7;9-4-6-5-11-8(12-6)7-2-1-3-10-7/h2*1-3,6,8-9H,4-5H2. The lowest BCUT2D eigenvalue weighted by molar-refractivity contribution is -0.227. The van der Waals surface area contributed by atoms with Crippen LogP contribution in [-0.4, -0.2) is 48.8 Å². The average Bonchev–Trinajstić information content (AvgIpc) is 3.36. The van der Waals surface area contributed by atoms with Gasteiger partial charge in [-0.3, -0.25) is 0 Å². The summed E-state index contributed by atoms with van der Waals surface area (Å²) < 4.78 is 31.0. The zero-order chi connectivity index (χ0) is 16.8. The third kappa shape index (κ3) is 4.44. The zero-order valence-electron chi connectivity index (χ0n) is 12.9. The quantitative estimate of drug-likeness (QED) is 0.863. The van der Waals surface area contributed by atoms with Crippen LogP contribution >= 0.6 is 0 Å². The number of aliphatic hydroxyl groups is 2. The predicted octanol–water partition coefficient (Wildman–Crippen LogP) is 1.37. The van der Waals surface area contributed by atoms with Crippen molar-refractivity contribution in [3.8, 4) is 0 Å². The van der Waals surface area contributed by atoms with Gasteiger partial charge in [0.15, 0.2) is 11.5 Å². The van der Waals surface area contributed by atoms with Gasteiger partial charge in [0.25, 0.3) is 0 Å². The first-order chi connectivity index (χ1) is 11.8. The minimum Gasteiger partial charge on any atom is -0.464 e. The van der Waals surface area contributed by atoms with Gasteiger partial charge in [-0.2, -0.15) is 0 Å². The van der Waals surface area contributed by atoms with E-state index in [1.165, 1.54) is 0 Å². The fourth-order valence-corrected chi connectivity index (χ4v) is 2.20. The van der Waals surface area contributed by atoms with Gasteiger partial charge in [-0.15, -0.1) is 0 Å². The largest absolute Gasteiger partial charge is 0.464 e. The molecule has 132 valence electrons. The number of rotatable bonds is 3. The van der Waals surface area contributed by atoms with Crippen molar-refractivity contribution in [1.29, 1.82) is 0 Å². The second kappa shape index (κ2) is 8.43. The number of aliphatic hydroxyl groups excluding tert-OH is 2. The van der Waals surface area contributed by atoms with Crippen LogP contribution in [-0.2, 0) is 18.9 Å². The topological polar surface area (TPSA) is 104 Å². The van der Waals surface area contributed by atoms with Crippen molar-refractivity contribution >= 4 is 0 Å². The van der Waals surface area contributed by atoms with E-state index in [1.807, 2.05) is 0 Å². The minimum atomic E-state index is -0.517. The number of furan rings is 2. The van der Waals surface area contributed by atoms with Gasteiger partial charge in [0.2, 0.25) is 12.6 Å². The lowest BCUT2D eigenvalue weighted by Crippen LogP contribution is -2.30. The van der Waals surface area contributed by atoms with Crippen molar-refractivity contribution in [1.82, 2.24) is 0 Å². The molecule has 2 atom stereocenters. The Labute approximate surface area is 138 Å². The molecular formula is C16H20O8. The van der Waals surface area contributed by atoms with E-state index in [4.69, 9.17) is 38.0 Å². The Balaban J connectivity index is 0.000000141. The second-order valence-electron chi connectivity index (χ2n) is 5.29. The smallest absolute Gasteiger partial charge is 0.217 e. The van der Waals surface area contributed by atoms with E-state index in [9.17, 15) is 0 Å². The molecule has 24 heavy (non-hydrogen) atoms. The first-order valence-corrected chi connectivity index (χ1v) is 7.62. The maximum atomic E-state index is 9.04. The van der Waals surface area contributed by atoms with Gasteiger partial charge < -0.3 is 38.0 Å². The highest BCUT2D eigenvalue weighted by Gasteiger charge is 2.28. The van der Waals surface area contributed by atoms with Crippen molar-refractivity contribution in [2.75, 3.05) is 26.4 Å². The van der Waals surface area contributed by atoms with Crippen molar-refractivity contribution in [2.24, 2.45) is 0 Å². The molecule has 0 bridgehead atoms. The summed E-state index contributed by atoms with van der Waals surface area (Å²) in [6, 6.07) is 7.11. The van der Waals surface area contributed by atoms with Crippen LogP contribution in [0.1, 0.15) is 24.1 Å². The molecule has 2 aliphatic rings. The van der Waals surface area contributed by atoms with Gasteiger partial charge in [0.1, 0.15) is 12.2 Å². The molecule has 0 amide bonds. The summed E-state index contributed by atoms with van der Waals surface area (Å²) in [6.45, 7) is 0.996. The van der Waals surface area contributed by atoms with Crippen molar-refractivity contribution in [3.63, 3.8) is 0 Å². The Kier molecular flexibility index (Phi) is 6.02. The Hall–Kier alpha value is -1.68. The molecule has 4 heterocycles. The van der Waals surface area contributed by atoms with E-state index in [0.717, 1.165) is 0 Å². The van der Waals surface area contributed by atoms with Crippen LogP contribution in [0.5, 0.6) is 0 Å². The monoisotopic (exact) mass is 340 g/mol. The summed E-state index contributed by atoms with van der Waals surface area (Å²) >= 11 is 0. The van der Waals surface area contributed by atoms with Crippen LogP contribution in [0.15, 0.2) is 45.6 Å². The highest BCUT2D eigenvalue weighted by molar-refractivity contribution is 5.01. The van der Waals surface area contributed by atoms with Crippen LogP contribution in [0.4, 0.5) is 0 Å². The van der Waals surface area contributed by atoms with Crippen LogP contribution in [0.2, 0.25) is 0 Å². The first-order valence-electron chi connectivity index (χ1n) is 7.62. The van der Waals surface area contributed by atoms with Crippen LogP contribution in [0, 0.1) is 0 Å². The third-order valence-corrected chi connectivity index (χ3v) is 3.38. The number of hydrogen-bond donors (Lipinski definition) is 2. The molecule has 8 heteroatoms. The van der Waals surface area contributed by atoms with Gasteiger partial charge in [-0.25, -0.2) is 0 Å². The minimum absolute atomic E-state index is 0.0167. The fourth-order valence-electron chi connectivity index (χ4n) is 2.20. The maximum Gasteiger partial charge on any atom is 0.217 e. The van der Waals surface area contributed by atoms with E-state index < -0.39 is 18.7 Å². The van der Waals surface area contributed by atoms with E-state index >= 15 is 0 Å². The van der Waals surface area contributed by atoms with Crippen molar-refractivity contribution in [2.45, 2.75) is 24.8 Å². The summed E-state index contributed by atoms with van der Waals surface area (Å²) in [6.07, 6.45) is 1.48. The maximum absolute atomic E-state index is 9.04. The molecule has 8 nitrogen and oxygen atoms in total. The molecule has 0 saturated carbocycles. The zero-order valence-corrected chi connectivity index (χ0v) is 12.9. The molecule has 2 N–H and O–H groups in total. The molecule has 2 aromatic rings. The van der Waals surface area contributed by atoms with E-state index in [0.29, 0.717) is 31.3 Å². The van der Waals surface area contributed by atoms with Gasteiger partial charge in [-0.05, 0) is 24.3 Å². The molecular weight excluding hydrogens is 320 g/mol. The van der Waals surface area contributed by atoms with Crippen LogP contribution in [0.25, 0.3) is 0 Å². The molecule has 2 aromatic heterocycles. The molecule has 0 aliphatic carbocycles. The summed E-state index contributed by atoms with van der Waals surface area (Å²) in [5, 5.41) is 17.8. The summed E-state index contributed by atoms with van der Waals surface area (Å²) in [4.78, 5) is 0. The van der Waals surface area contributed by atoms with Gasteiger partial charge >= 0.3 is 0 Å². The molecule has 0 radical (unpaired) electrons. The van der Waals surface area contributed by atoms with Crippen molar-refractivity contribution < 1.29 is 38.0 Å². The summed E-state index contributed by atoms with van der Waals surface area (Å²) in [7, 11) is 0. The van der Waals surface area contributed by atoms with E-state index in [-0.39, 0.29) is 12.7 Å². The normalized spacial score (nSPS) is 29.9. The molecule has 2 fully saturated rings. The molecule has 2 unspecified atom stereocenters. The number of ether oxygens (including phenoxy) is 4. The Morgan fingerprint density at radius 2 is 1.46 bits per heavy atom. The Morgan fingerprint density at radius 1 is 0.875 bits per heavy atom. The molecule has 2 saturated heterocycles. The van der Waals surface area contributed by atoms with Gasteiger partial charge in [-0.1, -0.05) is 0 Å². The Bertz CT molecular complexity index is 527. The lowest BCUT2D eigenvalue weighted by Gasteiger charge is -2.24. The van der Waals surface area contributed by atoms with Gasteiger partial charge in [0.05, 0.1) is 39.0 Å². The second-order valence-corrected chi connectivity index (χ2v) is 5.29. The summed E-state index contributed by atoms with van der Waals surface area (Å²) in [5.74, 6) is 1.29. The first kappa shape index (κ1) is 17.2. The highest BCUT2D eigenvalue weighted by atomic mass is 16.7. The van der Waals surface area contributed by atoms with E-state index in [1.54, 1.807) is 36.8 Å². The van der Waals surface area contributed by atoms with E-state index in [2.05, 4.69) is 0 Å². The average molecular weight is 340 g/mol. The molecule has 0 spiro atoms. The van der Waals surface area contributed by atoms with Crippen LogP contribution in [0.3, 0.4) is 0 Å². The Morgan fingerprint density at radius 3 is 1.96 bits per heavy atom. The van der Waals surface area contributed by atoms with Crippen LogP contribution < -0.4 is 0 Å². The van der Waals surface area contributed by atoms with Gasteiger partial charge in [0, 0.05) is 0 Å². The fraction of sp³-hybridized carbons (Fsp3) is 0.500. The predicted molar refractivity (Wildman–Crippen MR) is 78.7 cm³/mol.